The van der Waals surface area contributed by atoms with Crippen LogP contribution in [-0.2, 0) is 12.6 Å². The van der Waals surface area contributed by atoms with Crippen LogP contribution in [0.5, 0.6) is 0 Å². The Bertz CT molecular complexity index is 649. The quantitative estimate of drug-likeness (QED) is 0.893. The van der Waals surface area contributed by atoms with E-state index < -0.39 is 17.3 Å². The number of rotatable bonds is 3. The zero-order chi connectivity index (χ0) is 14.0. The number of aromatic nitrogens is 2. The maximum atomic E-state index is 12.6. The number of nitrogens with zero attached hydrogens (tertiary/aromatic N) is 1. The Morgan fingerprint density at radius 1 is 1.37 bits per heavy atom. The van der Waals surface area contributed by atoms with Crippen molar-refractivity contribution in [2.24, 2.45) is 0 Å². The molecule has 0 atom stereocenters. The highest BCUT2D eigenvalue weighted by Crippen LogP contribution is 2.30. The predicted molar refractivity (Wildman–Crippen MR) is 65.0 cm³/mol. The lowest BCUT2D eigenvalue weighted by Gasteiger charge is -2.08. The van der Waals surface area contributed by atoms with Crippen LogP contribution in [0, 0.1) is 0 Å². The van der Waals surface area contributed by atoms with Crippen LogP contribution in [0.3, 0.4) is 0 Å². The largest absolute Gasteiger partial charge is 0.416 e. The highest BCUT2D eigenvalue weighted by molar-refractivity contribution is 5.78. The fourth-order valence-electron chi connectivity index (χ4n) is 1.73. The van der Waals surface area contributed by atoms with Gasteiger partial charge in [-0.2, -0.15) is 13.2 Å². The summed E-state index contributed by atoms with van der Waals surface area (Å²) in [6.07, 6.45) is -4.00. The molecule has 0 bridgehead atoms. The minimum absolute atomic E-state index is 0.0599. The molecule has 2 rings (SSSR count). The molecule has 0 saturated heterocycles. The minimum atomic E-state index is -4.44. The number of benzene rings is 1. The van der Waals surface area contributed by atoms with Crippen molar-refractivity contribution in [2.45, 2.75) is 12.6 Å². The van der Waals surface area contributed by atoms with Gasteiger partial charge in [0.1, 0.15) is 5.82 Å². The van der Waals surface area contributed by atoms with E-state index in [1.54, 1.807) is 7.05 Å². The summed E-state index contributed by atoms with van der Waals surface area (Å²) in [4.78, 5) is 18.3. The fourth-order valence-corrected chi connectivity index (χ4v) is 1.73. The smallest absolute Gasteiger partial charge is 0.319 e. The van der Waals surface area contributed by atoms with E-state index >= 15 is 0 Å². The molecule has 7 heteroatoms. The maximum absolute atomic E-state index is 12.6. The van der Waals surface area contributed by atoms with Crippen molar-refractivity contribution < 1.29 is 13.2 Å². The van der Waals surface area contributed by atoms with Crippen molar-refractivity contribution in [3.05, 3.63) is 39.9 Å². The van der Waals surface area contributed by atoms with Gasteiger partial charge in [0, 0.05) is 13.0 Å². The van der Waals surface area contributed by atoms with Crippen molar-refractivity contribution in [2.75, 3.05) is 13.6 Å². The third-order valence-corrected chi connectivity index (χ3v) is 2.69. The summed E-state index contributed by atoms with van der Waals surface area (Å²) in [6, 6.07) is 2.92. The van der Waals surface area contributed by atoms with Crippen LogP contribution in [0.25, 0.3) is 10.9 Å². The molecule has 0 aliphatic heterocycles. The predicted octanol–water partition coefficient (Wildman–Crippen LogP) is 1.70. The van der Waals surface area contributed by atoms with Crippen LogP contribution in [0.1, 0.15) is 11.4 Å². The maximum Gasteiger partial charge on any atom is 0.416 e. The number of likely N-dealkylation sites (N-methyl/N-ethyl adjacent to an activating group) is 1. The molecule has 1 aromatic heterocycles. The zero-order valence-corrected chi connectivity index (χ0v) is 10.1. The number of aromatic amines is 1. The average Bonchev–Trinajstić information content (AvgIpc) is 2.34. The first-order valence-corrected chi connectivity index (χ1v) is 5.66. The van der Waals surface area contributed by atoms with Crippen LogP contribution >= 0.6 is 0 Å². The molecule has 0 spiro atoms. The summed E-state index contributed by atoms with van der Waals surface area (Å²) in [7, 11) is 1.74. The molecular formula is C12H12F3N3O. The van der Waals surface area contributed by atoms with Crippen LogP contribution < -0.4 is 10.9 Å². The van der Waals surface area contributed by atoms with Crippen LogP contribution in [0.4, 0.5) is 13.2 Å². The standard InChI is InChI=1S/C12H12F3N3O/c1-16-5-4-10-17-9-6-7(12(13,14)15)2-3-8(9)11(19)18-10/h2-3,6,16H,4-5H2,1H3,(H,17,18,19). The van der Waals surface area contributed by atoms with Gasteiger partial charge < -0.3 is 10.3 Å². The lowest BCUT2D eigenvalue weighted by Crippen LogP contribution is -2.17. The number of hydrogen-bond donors (Lipinski definition) is 2. The Balaban J connectivity index is 2.54. The first-order valence-electron chi connectivity index (χ1n) is 5.66. The van der Waals surface area contributed by atoms with Gasteiger partial charge in [0.2, 0.25) is 0 Å². The summed E-state index contributed by atoms with van der Waals surface area (Å²) in [5.41, 5.74) is -1.17. The third-order valence-electron chi connectivity index (χ3n) is 2.69. The van der Waals surface area contributed by atoms with E-state index in [2.05, 4.69) is 15.3 Å². The summed E-state index contributed by atoms with van der Waals surface area (Å²) < 4.78 is 37.8. The molecule has 19 heavy (non-hydrogen) atoms. The van der Waals surface area contributed by atoms with Gasteiger partial charge in [-0.05, 0) is 25.2 Å². The van der Waals surface area contributed by atoms with Crippen molar-refractivity contribution in [1.29, 1.82) is 0 Å². The average molecular weight is 271 g/mol. The van der Waals surface area contributed by atoms with E-state index in [0.717, 1.165) is 18.2 Å². The number of hydrogen-bond acceptors (Lipinski definition) is 3. The molecule has 0 unspecified atom stereocenters. The van der Waals surface area contributed by atoms with Crippen LogP contribution in [0.2, 0.25) is 0 Å². The van der Waals surface area contributed by atoms with Crippen LogP contribution in [0.15, 0.2) is 23.0 Å². The molecule has 0 saturated carbocycles. The second-order valence-electron chi connectivity index (χ2n) is 4.10. The van der Waals surface area contributed by atoms with Crippen molar-refractivity contribution in [1.82, 2.24) is 15.3 Å². The molecule has 102 valence electrons. The topological polar surface area (TPSA) is 57.8 Å². The Labute approximate surface area is 106 Å². The van der Waals surface area contributed by atoms with E-state index in [0.29, 0.717) is 18.8 Å². The molecule has 1 aromatic carbocycles. The first kappa shape index (κ1) is 13.5. The van der Waals surface area contributed by atoms with E-state index in [1.807, 2.05) is 0 Å². The number of halogens is 3. The van der Waals surface area contributed by atoms with Gasteiger partial charge in [-0.1, -0.05) is 0 Å². The second-order valence-corrected chi connectivity index (χ2v) is 4.10. The summed E-state index contributed by atoms with van der Waals surface area (Å²) in [6.45, 7) is 0.577. The van der Waals surface area contributed by atoms with E-state index in [4.69, 9.17) is 0 Å². The molecule has 2 N–H and O–H groups in total. The van der Waals surface area contributed by atoms with Crippen molar-refractivity contribution in [3.8, 4) is 0 Å². The Morgan fingerprint density at radius 2 is 2.11 bits per heavy atom. The van der Waals surface area contributed by atoms with Crippen LogP contribution in [-0.4, -0.2) is 23.6 Å². The minimum Gasteiger partial charge on any atom is -0.319 e. The zero-order valence-electron chi connectivity index (χ0n) is 10.1. The van der Waals surface area contributed by atoms with E-state index in [-0.39, 0.29) is 10.9 Å². The SMILES string of the molecule is CNCCc1nc2cc(C(F)(F)F)ccc2c(=O)[nH]1. The molecule has 0 radical (unpaired) electrons. The highest BCUT2D eigenvalue weighted by atomic mass is 19.4. The molecule has 0 aliphatic rings. The second kappa shape index (κ2) is 5.00. The summed E-state index contributed by atoms with van der Waals surface area (Å²) in [5.74, 6) is 0.367. The number of fused-ring (bicyclic) bond motifs is 1. The molecule has 0 fully saturated rings. The number of nitrogens with one attached hydrogen (secondary N) is 2. The third kappa shape index (κ3) is 2.93. The fraction of sp³-hybridized carbons (Fsp3) is 0.333. The van der Waals surface area contributed by atoms with Gasteiger partial charge in [-0.3, -0.25) is 4.79 Å². The molecular weight excluding hydrogens is 259 g/mol. The monoisotopic (exact) mass is 271 g/mol. The van der Waals surface area contributed by atoms with Gasteiger partial charge in [-0.15, -0.1) is 0 Å². The van der Waals surface area contributed by atoms with Gasteiger partial charge in [0.15, 0.2) is 0 Å². The molecule has 4 nitrogen and oxygen atoms in total. The normalized spacial score (nSPS) is 12.0. The van der Waals surface area contributed by atoms with Gasteiger partial charge in [0.05, 0.1) is 16.5 Å². The highest BCUT2D eigenvalue weighted by Gasteiger charge is 2.30. The van der Waals surface area contributed by atoms with Crippen molar-refractivity contribution >= 4 is 10.9 Å². The first-order chi connectivity index (χ1) is 8.91. The lowest BCUT2D eigenvalue weighted by molar-refractivity contribution is -0.137. The van der Waals surface area contributed by atoms with Gasteiger partial charge in [-0.25, -0.2) is 4.98 Å². The molecule has 0 amide bonds. The number of alkyl halides is 3. The lowest BCUT2D eigenvalue weighted by atomic mass is 10.1. The Morgan fingerprint density at radius 3 is 2.74 bits per heavy atom. The molecule has 0 aliphatic carbocycles. The van der Waals surface area contributed by atoms with E-state index in [1.165, 1.54) is 0 Å². The molecule has 1 heterocycles. The Kier molecular flexibility index (Phi) is 3.57. The van der Waals surface area contributed by atoms with Crippen molar-refractivity contribution in [3.63, 3.8) is 0 Å². The summed E-state index contributed by atoms with van der Waals surface area (Å²) >= 11 is 0. The van der Waals surface area contributed by atoms with Gasteiger partial charge in [0.25, 0.3) is 5.56 Å². The Hall–Kier alpha value is -1.89. The van der Waals surface area contributed by atoms with Gasteiger partial charge >= 0.3 is 6.18 Å². The van der Waals surface area contributed by atoms with E-state index in [9.17, 15) is 18.0 Å². The summed E-state index contributed by atoms with van der Waals surface area (Å²) in [5, 5.41) is 3.03. The number of H-pyrrole nitrogens is 1. The molecule has 2 aromatic rings.